The van der Waals surface area contributed by atoms with Crippen molar-refractivity contribution in [1.82, 2.24) is 20.1 Å². The van der Waals surface area contributed by atoms with Crippen molar-refractivity contribution < 1.29 is 9.53 Å². The summed E-state index contributed by atoms with van der Waals surface area (Å²) in [5.41, 5.74) is 3.50. The van der Waals surface area contributed by atoms with Crippen LogP contribution in [0.15, 0.2) is 18.2 Å². The molecule has 132 valence electrons. The summed E-state index contributed by atoms with van der Waals surface area (Å²) in [7, 11) is 0. The first-order valence-electron chi connectivity index (χ1n) is 9.18. The molecule has 1 aromatic carbocycles. The molecule has 1 aliphatic heterocycles. The van der Waals surface area contributed by atoms with E-state index >= 15 is 0 Å². The molecule has 2 aromatic rings. The first-order valence-corrected chi connectivity index (χ1v) is 9.18. The topological polar surface area (TPSA) is 71.1 Å². The normalized spacial score (nSPS) is 19.9. The molecule has 4 rings (SSSR count). The van der Waals surface area contributed by atoms with Gasteiger partial charge in [-0.2, -0.15) is 5.10 Å². The van der Waals surface area contributed by atoms with E-state index in [2.05, 4.69) is 34.2 Å². The van der Waals surface area contributed by atoms with E-state index in [4.69, 9.17) is 4.74 Å². The number of aromatic nitrogens is 3. The number of aromatic amines is 1. The number of hydrogen-bond acceptors (Lipinski definition) is 4. The van der Waals surface area contributed by atoms with Crippen molar-refractivity contribution in [2.75, 3.05) is 19.7 Å². The molecule has 0 bridgehead atoms. The molecule has 0 unspecified atom stereocenters. The van der Waals surface area contributed by atoms with E-state index in [1.165, 1.54) is 17.5 Å². The van der Waals surface area contributed by atoms with Crippen molar-refractivity contribution in [2.24, 2.45) is 0 Å². The SMILES string of the molecule is CCCc1nc([C@H]2CN(C(=O)c3ccc4c(c3)CCC4)CCO2)n[nH]1. The van der Waals surface area contributed by atoms with Crippen LogP contribution in [0.2, 0.25) is 0 Å². The van der Waals surface area contributed by atoms with Gasteiger partial charge in [0.2, 0.25) is 0 Å². The molecule has 1 atom stereocenters. The molecule has 1 N–H and O–H groups in total. The third kappa shape index (κ3) is 3.31. The van der Waals surface area contributed by atoms with Gasteiger partial charge in [0.15, 0.2) is 5.82 Å². The first kappa shape index (κ1) is 16.3. The molecule has 0 spiro atoms. The van der Waals surface area contributed by atoms with Gasteiger partial charge in [-0.15, -0.1) is 0 Å². The van der Waals surface area contributed by atoms with E-state index in [1.807, 2.05) is 11.0 Å². The number of rotatable bonds is 4. The highest BCUT2D eigenvalue weighted by molar-refractivity contribution is 5.94. The molecule has 6 nitrogen and oxygen atoms in total. The molecule has 25 heavy (non-hydrogen) atoms. The predicted molar refractivity (Wildman–Crippen MR) is 93.4 cm³/mol. The molecule has 0 saturated carbocycles. The van der Waals surface area contributed by atoms with Gasteiger partial charge < -0.3 is 9.64 Å². The summed E-state index contributed by atoms with van der Waals surface area (Å²) >= 11 is 0. The minimum absolute atomic E-state index is 0.0762. The largest absolute Gasteiger partial charge is 0.366 e. The van der Waals surface area contributed by atoms with Crippen molar-refractivity contribution in [1.29, 1.82) is 0 Å². The zero-order valence-corrected chi connectivity index (χ0v) is 14.6. The second-order valence-electron chi connectivity index (χ2n) is 6.84. The standard InChI is InChI=1S/C19H24N4O2/c1-2-4-17-20-18(22-21-17)16-12-23(9-10-25-16)19(24)15-8-7-13-5-3-6-14(13)11-15/h7-8,11,16H,2-6,9-10,12H2,1H3,(H,20,21,22)/t16-/m1/s1. The van der Waals surface area contributed by atoms with E-state index < -0.39 is 0 Å². The van der Waals surface area contributed by atoms with Gasteiger partial charge in [0, 0.05) is 18.5 Å². The number of carbonyl (C=O) groups is 1. The van der Waals surface area contributed by atoms with Gasteiger partial charge in [-0.05, 0) is 48.9 Å². The number of carbonyl (C=O) groups excluding carboxylic acids is 1. The second kappa shape index (κ2) is 6.96. The summed E-state index contributed by atoms with van der Waals surface area (Å²) in [6, 6.07) is 6.14. The number of hydrogen-bond donors (Lipinski definition) is 1. The quantitative estimate of drug-likeness (QED) is 0.928. The number of morpholine rings is 1. The molecule has 2 heterocycles. The number of H-pyrrole nitrogens is 1. The van der Waals surface area contributed by atoms with Gasteiger partial charge in [0.1, 0.15) is 11.9 Å². The highest BCUT2D eigenvalue weighted by Crippen LogP contribution is 2.25. The number of benzene rings is 1. The van der Waals surface area contributed by atoms with E-state index in [1.54, 1.807) is 0 Å². The van der Waals surface area contributed by atoms with Crippen LogP contribution in [0, 0.1) is 0 Å². The molecule has 2 aliphatic rings. The number of aryl methyl sites for hydroxylation is 3. The van der Waals surface area contributed by atoms with Crippen LogP contribution < -0.4 is 0 Å². The number of nitrogens with one attached hydrogen (secondary N) is 1. The predicted octanol–water partition coefficient (Wildman–Crippen LogP) is 2.46. The van der Waals surface area contributed by atoms with E-state index in [0.717, 1.165) is 37.1 Å². The molecule has 1 aromatic heterocycles. The molecule has 1 aliphatic carbocycles. The van der Waals surface area contributed by atoms with E-state index in [9.17, 15) is 4.79 Å². The van der Waals surface area contributed by atoms with Crippen LogP contribution in [0.3, 0.4) is 0 Å². The van der Waals surface area contributed by atoms with Gasteiger partial charge >= 0.3 is 0 Å². The van der Waals surface area contributed by atoms with Gasteiger partial charge in [0.25, 0.3) is 5.91 Å². The number of amides is 1. The average molecular weight is 340 g/mol. The Balaban J connectivity index is 1.47. The molecular formula is C19H24N4O2. The third-order valence-corrected chi connectivity index (χ3v) is 5.02. The fraction of sp³-hybridized carbons (Fsp3) is 0.526. The van der Waals surface area contributed by atoms with Gasteiger partial charge in [-0.25, -0.2) is 4.98 Å². The Hall–Kier alpha value is -2.21. The highest BCUT2D eigenvalue weighted by Gasteiger charge is 2.29. The molecule has 1 saturated heterocycles. The van der Waals surface area contributed by atoms with E-state index in [-0.39, 0.29) is 12.0 Å². The lowest BCUT2D eigenvalue weighted by molar-refractivity contribution is -0.0266. The van der Waals surface area contributed by atoms with Gasteiger partial charge in [-0.1, -0.05) is 13.0 Å². The van der Waals surface area contributed by atoms with Crippen LogP contribution in [-0.2, 0) is 24.0 Å². The van der Waals surface area contributed by atoms with Crippen LogP contribution in [-0.4, -0.2) is 45.7 Å². The van der Waals surface area contributed by atoms with Crippen molar-refractivity contribution in [2.45, 2.75) is 45.1 Å². The van der Waals surface area contributed by atoms with Crippen molar-refractivity contribution in [3.63, 3.8) is 0 Å². The Morgan fingerprint density at radius 2 is 2.24 bits per heavy atom. The van der Waals surface area contributed by atoms with Crippen molar-refractivity contribution in [3.05, 3.63) is 46.5 Å². The maximum Gasteiger partial charge on any atom is 0.254 e. The van der Waals surface area contributed by atoms with E-state index in [0.29, 0.717) is 25.5 Å². The summed E-state index contributed by atoms with van der Waals surface area (Å²) in [5.74, 6) is 1.60. The van der Waals surface area contributed by atoms with Crippen LogP contribution in [0.1, 0.15) is 59.0 Å². The highest BCUT2D eigenvalue weighted by atomic mass is 16.5. The lowest BCUT2D eigenvalue weighted by Gasteiger charge is -2.31. The Labute approximate surface area is 147 Å². The third-order valence-electron chi connectivity index (χ3n) is 5.02. The summed E-state index contributed by atoms with van der Waals surface area (Å²) in [4.78, 5) is 19.3. The number of nitrogens with zero attached hydrogens (tertiary/aromatic N) is 3. The summed E-state index contributed by atoms with van der Waals surface area (Å²) < 4.78 is 5.81. The number of fused-ring (bicyclic) bond motifs is 1. The summed E-state index contributed by atoms with van der Waals surface area (Å²) in [5, 5.41) is 7.24. The van der Waals surface area contributed by atoms with Gasteiger partial charge in [0.05, 0.1) is 13.2 Å². The van der Waals surface area contributed by atoms with Crippen LogP contribution in [0.5, 0.6) is 0 Å². The Morgan fingerprint density at radius 3 is 3.12 bits per heavy atom. The molecule has 0 radical (unpaired) electrons. The average Bonchev–Trinajstić information content (AvgIpc) is 3.30. The fourth-order valence-electron chi connectivity index (χ4n) is 3.68. The maximum absolute atomic E-state index is 12.9. The lowest BCUT2D eigenvalue weighted by atomic mass is 10.1. The van der Waals surface area contributed by atoms with Crippen molar-refractivity contribution in [3.8, 4) is 0 Å². The fourth-order valence-corrected chi connectivity index (χ4v) is 3.68. The molecule has 1 amide bonds. The Morgan fingerprint density at radius 1 is 1.36 bits per heavy atom. The molecule has 6 heteroatoms. The van der Waals surface area contributed by atoms with Crippen molar-refractivity contribution >= 4 is 5.91 Å². The van der Waals surface area contributed by atoms with Crippen LogP contribution in [0.4, 0.5) is 0 Å². The zero-order chi connectivity index (χ0) is 17.2. The van der Waals surface area contributed by atoms with Crippen LogP contribution in [0.25, 0.3) is 0 Å². The van der Waals surface area contributed by atoms with Crippen LogP contribution >= 0.6 is 0 Å². The monoisotopic (exact) mass is 340 g/mol. The lowest BCUT2D eigenvalue weighted by Crippen LogP contribution is -2.42. The van der Waals surface area contributed by atoms with Gasteiger partial charge in [-0.3, -0.25) is 9.89 Å². The first-order chi connectivity index (χ1) is 12.2. The zero-order valence-electron chi connectivity index (χ0n) is 14.6. The maximum atomic E-state index is 12.9. The summed E-state index contributed by atoms with van der Waals surface area (Å²) in [6.45, 7) is 3.73. The Bertz CT molecular complexity index is 771. The second-order valence-corrected chi connectivity index (χ2v) is 6.84. The smallest absolute Gasteiger partial charge is 0.254 e. The molecule has 1 fully saturated rings. The molecular weight excluding hydrogens is 316 g/mol. The minimum atomic E-state index is -0.256. The Kier molecular flexibility index (Phi) is 4.53. The minimum Gasteiger partial charge on any atom is -0.366 e. The summed E-state index contributed by atoms with van der Waals surface area (Å²) in [6.07, 6.45) is 5.04. The number of ether oxygens (including phenoxy) is 1.